The molecule has 0 atom stereocenters. The van der Waals surface area contributed by atoms with Crippen molar-refractivity contribution in [2.75, 3.05) is 20.8 Å². The zero-order chi connectivity index (χ0) is 9.56. The van der Waals surface area contributed by atoms with Crippen LogP contribution in [0.2, 0.25) is 0 Å². The van der Waals surface area contributed by atoms with E-state index in [2.05, 4.69) is 0 Å². The Balaban J connectivity index is 3.44. The van der Waals surface area contributed by atoms with Crippen molar-refractivity contribution in [1.29, 1.82) is 0 Å². The molecule has 0 aliphatic rings. The Bertz CT molecular complexity index is 136. The van der Waals surface area contributed by atoms with E-state index in [0.29, 0.717) is 13.0 Å². The fourth-order valence-corrected chi connectivity index (χ4v) is 0.641. The molecule has 0 rings (SSSR count). The van der Waals surface area contributed by atoms with E-state index in [4.69, 9.17) is 9.57 Å². The summed E-state index contributed by atoms with van der Waals surface area (Å²) in [5.41, 5.74) is 0. The number of ether oxygens (including phenoxy) is 1. The summed E-state index contributed by atoms with van der Waals surface area (Å²) in [6.45, 7) is 4.32. The van der Waals surface area contributed by atoms with Crippen molar-refractivity contribution in [1.82, 2.24) is 5.06 Å². The molecular formula is C8H17NO3. The zero-order valence-electron chi connectivity index (χ0n) is 8.16. The number of carbonyl (C=O) groups is 1. The molecular weight excluding hydrogens is 158 g/mol. The standard InChI is InChI=1S/C8H17NO3/c1-7(2)12-6-5-8(10)9(3)11-4/h7H,5-6H2,1-4H3. The lowest BCUT2D eigenvalue weighted by atomic mass is 10.4. The molecule has 0 unspecified atom stereocenters. The quantitative estimate of drug-likeness (QED) is 0.581. The molecule has 0 heterocycles. The Kier molecular flexibility index (Phi) is 5.66. The second kappa shape index (κ2) is 5.97. The molecule has 0 saturated heterocycles. The van der Waals surface area contributed by atoms with Crippen LogP contribution in [-0.2, 0) is 14.4 Å². The number of rotatable bonds is 5. The summed E-state index contributed by atoms with van der Waals surface area (Å²) in [6, 6.07) is 0. The maximum absolute atomic E-state index is 11.1. The van der Waals surface area contributed by atoms with Crippen LogP contribution in [-0.4, -0.2) is 37.8 Å². The Morgan fingerprint density at radius 1 is 1.50 bits per heavy atom. The SMILES string of the molecule is CON(C)C(=O)CCOC(C)C. The van der Waals surface area contributed by atoms with Gasteiger partial charge in [-0.15, -0.1) is 0 Å². The number of carbonyl (C=O) groups excluding carboxylic acids is 1. The van der Waals surface area contributed by atoms with Gasteiger partial charge in [-0.3, -0.25) is 9.63 Å². The van der Waals surface area contributed by atoms with Crippen LogP contribution in [0.3, 0.4) is 0 Å². The average Bonchev–Trinajstić information content (AvgIpc) is 2.02. The van der Waals surface area contributed by atoms with Crippen LogP contribution < -0.4 is 0 Å². The third kappa shape index (κ3) is 5.09. The highest BCUT2D eigenvalue weighted by atomic mass is 16.7. The average molecular weight is 175 g/mol. The Morgan fingerprint density at radius 3 is 2.50 bits per heavy atom. The third-order valence-electron chi connectivity index (χ3n) is 1.39. The molecule has 1 amide bonds. The molecule has 0 aromatic heterocycles. The van der Waals surface area contributed by atoms with Crippen LogP contribution in [0.25, 0.3) is 0 Å². The van der Waals surface area contributed by atoms with Gasteiger partial charge in [0.25, 0.3) is 0 Å². The van der Waals surface area contributed by atoms with E-state index in [-0.39, 0.29) is 12.0 Å². The lowest BCUT2D eigenvalue weighted by Crippen LogP contribution is -2.26. The van der Waals surface area contributed by atoms with Crippen molar-refractivity contribution < 1.29 is 14.4 Å². The van der Waals surface area contributed by atoms with Crippen molar-refractivity contribution in [3.8, 4) is 0 Å². The summed E-state index contributed by atoms with van der Waals surface area (Å²) >= 11 is 0. The Morgan fingerprint density at radius 2 is 2.08 bits per heavy atom. The smallest absolute Gasteiger partial charge is 0.248 e. The van der Waals surface area contributed by atoms with Gasteiger partial charge in [0.1, 0.15) is 0 Å². The van der Waals surface area contributed by atoms with Gasteiger partial charge in [-0.25, -0.2) is 5.06 Å². The van der Waals surface area contributed by atoms with Crippen LogP contribution in [0.4, 0.5) is 0 Å². The van der Waals surface area contributed by atoms with E-state index in [0.717, 1.165) is 0 Å². The molecule has 72 valence electrons. The van der Waals surface area contributed by atoms with Crippen molar-refractivity contribution in [2.24, 2.45) is 0 Å². The van der Waals surface area contributed by atoms with E-state index in [1.807, 2.05) is 13.8 Å². The number of hydroxylamine groups is 2. The molecule has 0 bridgehead atoms. The lowest BCUT2D eigenvalue weighted by molar-refractivity contribution is -0.169. The van der Waals surface area contributed by atoms with Crippen LogP contribution >= 0.6 is 0 Å². The molecule has 0 spiro atoms. The molecule has 0 aliphatic carbocycles. The maximum atomic E-state index is 11.1. The Labute approximate surface area is 73.4 Å². The fraction of sp³-hybridized carbons (Fsp3) is 0.875. The monoisotopic (exact) mass is 175 g/mol. The first-order valence-electron chi connectivity index (χ1n) is 4.00. The zero-order valence-corrected chi connectivity index (χ0v) is 8.16. The van der Waals surface area contributed by atoms with Crippen molar-refractivity contribution in [3.05, 3.63) is 0 Å². The van der Waals surface area contributed by atoms with Gasteiger partial charge in [0.2, 0.25) is 5.91 Å². The predicted molar refractivity (Wildman–Crippen MR) is 45.5 cm³/mol. The summed E-state index contributed by atoms with van der Waals surface area (Å²) in [7, 11) is 3.04. The normalized spacial score (nSPS) is 10.4. The van der Waals surface area contributed by atoms with E-state index in [9.17, 15) is 4.79 Å². The first-order valence-corrected chi connectivity index (χ1v) is 4.00. The van der Waals surface area contributed by atoms with Crippen LogP contribution in [0, 0.1) is 0 Å². The molecule has 0 aliphatic heterocycles. The van der Waals surface area contributed by atoms with Gasteiger partial charge in [0.05, 0.1) is 26.2 Å². The van der Waals surface area contributed by atoms with Gasteiger partial charge < -0.3 is 4.74 Å². The number of amides is 1. The van der Waals surface area contributed by atoms with E-state index in [1.54, 1.807) is 7.05 Å². The summed E-state index contributed by atoms with van der Waals surface area (Å²) in [5.74, 6) is -0.0712. The lowest BCUT2D eigenvalue weighted by Gasteiger charge is -2.13. The van der Waals surface area contributed by atoms with E-state index in [1.165, 1.54) is 12.2 Å². The number of nitrogens with zero attached hydrogens (tertiary/aromatic N) is 1. The van der Waals surface area contributed by atoms with Crippen molar-refractivity contribution >= 4 is 5.91 Å². The van der Waals surface area contributed by atoms with Gasteiger partial charge >= 0.3 is 0 Å². The molecule has 0 aromatic carbocycles. The topological polar surface area (TPSA) is 38.8 Å². The first-order chi connectivity index (χ1) is 5.57. The minimum absolute atomic E-state index is 0.0712. The van der Waals surface area contributed by atoms with Gasteiger partial charge in [-0.05, 0) is 13.8 Å². The fourth-order valence-electron chi connectivity index (χ4n) is 0.641. The summed E-state index contributed by atoms with van der Waals surface area (Å²) < 4.78 is 5.20. The molecule has 4 nitrogen and oxygen atoms in total. The summed E-state index contributed by atoms with van der Waals surface area (Å²) in [4.78, 5) is 15.8. The van der Waals surface area contributed by atoms with Gasteiger partial charge in [0, 0.05) is 7.05 Å². The highest BCUT2D eigenvalue weighted by molar-refractivity contribution is 5.74. The minimum atomic E-state index is -0.0712. The van der Waals surface area contributed by atoms with Gasteiger partial charge in [-0.1, -0.05) is 0 Å². The number of hydrogen-bond acceptors (Lipinski definition) is 3. The van der Waals surface area contributed by atoms with E-state index < -0.39 is 0 Å². The van der Waals surface area contributed by atoms with Crippen LogP contribution in [0.1, 0.15) is 20.3 Å². The molecule has 0 saturated carbocycles. The minimum Gasteiger partial charge on any atom is -0.378 e. The number of hydrogen-bond donors (Lipinski definition) is 0. The highest BCUT2D eigenvalue weighted by Gasteiger charge is 2.07. The Hall–Kier alpha value is -0.610. The molecule has 0 N–H and O–H groups in total. The second-order valence-corrected chi connectivity index (χ2v) is 2.74. The highest BCUT2D eigenvalue weighted by Crippen LogP contribution is 1.94. The van der Waals surface area contributed by atoms with Crippen LogP contribution in [0.15, 0.2) is 0 Å². The summed E-state index contributed by atoms with van der Waals surface area (Å²) in [5, 5.41) is 1.20. The van der Waals surface area contributed by atoms with Crippen molar-refractivity contribution in [2.45, 2.75) is 26.4 Å². The second-order valence-electron chi connectivity index (χ2n) is 2.74. The molecule has 0 aromatic rings. The molecule has 0 fully saturated rings. The largest absolute Gasteiger partial charge is 0.378 e. The van der Waals surface area contributed by atoms with Crippen molar-refractivity contribution in [3.63, 3.8) is 0 Å². The van der Waals surface area contributed by atoms with Crippen LogP contribution in [0.5, 0.6) is 0 Å². The molecule has 4 heteroatoms. The van der Waals surface area contributed by atoms with Gasteiger partial charge in [0.15, 0.2) is 0 Å². The predicted octanol–water partition coefficient (Wildman–Crippen LogP) is 0.821. The first kappa shape index (κ1) is 11.4. The van der Waals surface area contributed by atoms with Gasteiger partial charge in [-0.2, -0.15) is 0 Å². The molecule has 0 radical (unpaired) electrons. The maximum Gasteiger partial charge on any atom is 0.248 e. The van der Waals surface area contributed by atoms with E-state index >= 15 is 0 Å². The third-order valence-corrected chi connectivity index (χ3v) is 1.39. The summed E-state index contributed by atoms with van der Waals surface area (Å²) in [6.07, 6.45) is 0.536. The molecule has 12 heavy (non-hydrogen) atoms.